The summed E-state index contributed by atoms with van der Waals surface area (Å²) in [6, 6.07) is 17.6. The molecule has 9 heteroatoms. The van der Waals surface area contributed by atoms with Gasteiger partial charge in [-0.1, -0.05) is 29.4 Å². The van der Waals surface area contributed by atoms with Crippen molar-refractivity contribution in [2.24, 2.45) is 0 Å². The summed E-state index contributed by atoms with van der Waals surface area (Å²) in [5.74, 6) is 0.237. The number of amides is 1. The highest BCUT2D eigenvalue weighted by atomic mass is 35.5. The van der Waals surface area contributed by atoms with E-state index in [1.165, 1.54) is 29.1 Å². The summed E-state index contributed by atoms with van der Waals surface area (Å²) >= 11 is 6.93. The Labute approximate surface area is 195 Å². The van der Waals surface area contributed by atoms with Crippen LogP contribution in [0.5, 0.6) is 0 Å². The van der Waals surface area contributed by atoms with Crippen LogP contribution in [-0.4, -0.2) is 42.2 Å². The lowest BCUT2D eigenvalue weighted by Crippen LogP contribution is -2.36. The Morgan fingerprint density at radius 1 is 1.09 bits per heavy atom. The van der Waals surface area contributed by atoms with E-state index in [2.05, 4.69) is 37.6 Å². The second kappa shape index (κ2) is 11.0. The largest absolute Gasteiger partial charge is 0.378 e. The van der Waals surface area contributed by atoms with Crippen LogP contribution >= 0.6 is 23.4 Å². The quantitative estimate of drug-likeness (QED) is 0.378. The van der Waals surface area contributed by atoms with Gasteiger partial charge in [0, 0.05) is 52.9 Å². The zero-order chi connectivity index (χ0) is 22.2. The first-order valence-corrected chi connectivity index (χ1v) is 11.3. The van der Waals surface area contributed by atoms with E-state index in [9.17, 15) is 4.79 Å². The number of anilines is 4. The van der Waals surface area contributed by atoms with Gasteiger partial charge in [0.25, 0.3) is 0 Å². The normalized spacial score (nSPS) is 13.8. The fourth-order valence-electron chi connectivity index (χ4n) is 3.16. The third-order valence-corrected chi connectivity index (χ3v) is 5.72. The number of carbonyl (C=O) groups is 1. The molecule has 0 aliphatic carbocycles. The first-order chi connectivity index (χ1) is 15.7. The summed E-state index contributed by atoms with van der Waals surface area (Å²) < 4.78 is 5.41. The molecule has 7 nitrogen and oxygen atoms in total. The second-order valence-corrected chi connectivity index (χ2v) is 8.25. The van der Waals surface area contributed by atoms with E-state index in [-0.39, 0.29) is 5.91 Å². The fourth-order valence-corrected chi connectivity index (χ4v) is 4.11. The van der Waals surface area contributed by atoms with Crippen LogP contribution in [0.25, 0.3) is 0 Å². The molecule has 1 amide bonds. The molecule has 4 rings (SSSR count). The minimum Gasteiger partial charge on any atom is -0.378 e. The van der Waals surface area contributed by atoms with Crippen molar-refractivity contribution in [1.29, 1.82) is 0 Å². The monoisotopic (exact) mass is 467 g/mol. The maximum Gasteiger partial charge on any atom is 0.249 e. The Morgan fingerprint density at radius 2 is 1.91 bits per heavy atom. The van der Waals surface area contributed by atoms with Crippen LogP contribution in [0.3, 0.4) is 0 Å². The van der Waals surface area contributed by atoms with Gasteiger partial charge >= 0.3 is 0 Å². The number of aromatic nitrogens is 2. The molecule has 1 fully saturated rings. The van der Waals surface area contributed by atoms with Gasteiger partial charge in [-0.2, -0.15) is 0 Å². The lowest BCUT2D eigenvalue weighted by Gasteiger charge is -2.28. The average Bonchev–Trinajstić information content (AvgIpc) is 2.81. The zero-order valence-corrected chi connectivity index (χ0v) is 18.8. The number of halogens is 1. The molecule has 0 spiro atoms. The SMILES string of the molecule is O=C(C=CCl)Nc1cccc(Sc2ccnc(Nc3ccc(N4CCOCC4)cc3)n2)c1. The van der Waals surface area contributed by atoms with Gasteiger partial charge in [-0.3, -0.25) is 4.79 Å². The van der Waals surface area contributed by atoms with E-state index in [0.717, 1.165) is 41.9 Å². The molecule has 0 atom stereocenters. The van der Waals surface area contributed by atoms with Gasteiger partial charge < -0.3 is 20.3 Å². The lowest BCUT2D eigenvalue weighted by molar-refractivity contribution is -0.111. The highest BCUT2D eigenvalue weighted by molar-refractivity contribution is 7.99. The Bertz CT molecular complexity index is 1090. The molecule has 2 aromatic carbocycles. The van der Waals surface area contributed by atoms with Crippen molar-refractivity contribution >= 4 is 52.3 Å². The molecule has 1 aromatic heterocycles. The van der Waals surface area contributed by atoms with Crippen LogP contribution in [0, 0.1) is 0 Å². The average molecular weight is 468 g/mol. The third kappa shape index (κ3) is 6.23. The number of morpholine rings is 1. The van der Waals surface area contributed by atoms with Crippen molar-refractivity contribution in [3.8, 4) is 0 Å². The maximum absolute atomic E-state index is 11.7. The molecule has 0 bridgehead atoms. The van der Waals surface area contributed by atoms with E-state index < -0.39 is 0 Å². The van der Waals surface area contributed by atoms with Crippen molar-refractivity contribution in [3.05, 3.63) is 72.4 Å². The third-order valence-electron chi connectivity index (χ3n) is 4.67. The molecule has 1 aliphatic rings. The van der Waals surface area contributed by atoms with Crippen molar-refractivity contribution in [2.75, 3.05) is 41.8 Å². The van der Waals surface area contributed by atoms with Crippen molar-refractivity contribution in [3.63, 3.8) is 0 Å². The summed E-state index contributed by atoms with van der Waals surface area (Å²) in [5.41, 5.74) is 3.96. The molecule has 1 aliphatic heterocycles. The van der Waals surface area contributed by atoms with E-state index in [0.29, 0.717) is 11.6 Å². The Balaban J connectivity index is 1.40. The highest BCUT2D eigenvalue weighted by Gasteiger charge is 2.11. The molecule has 164 valence electrons. The minimum atomic E-state index is -0.282. The number of hydrogen-bond donors (Lipinski definition) is 2. The number of rotatable bonds is 7. The second-order valence-electron chi connectivity index (χ2n) is 6.90. The molecular formula is C23H22ClN5O2S. The van der Waals surface area contributed by atoms with Gasteiger partial charge in [0.1, 0.15) is 5.03 Å². The standard InChI is InChI=1S/C23H22ClN5O2S/c24-10-8-21(30)26-18-2-1-3-20(16-18)32-22-9-11-25-23(28-22)27-17-4-6-19(7-5-17)29-12-14-31-15-13-29/h1-11,16H,12-15H2,(H,26,30)(H,25,27,28). The van der Waals surface area contributed by atoms with Crippen LogP contribution in [0.4, 0.5) is 23.0 Å². The van der Waals surface area contributed by atoms with Gasteiger partial charge in [-0.25, -0.2) is 9.97 Å². The molecule has 3 aromatic rings. The van der Waals surface area contributed by atoms with E-state index in [1.807, 2.05) is 42.5 Å². The Hall–Kier alpha value is -3.07. The van der Waals surface area contributed by atoms with Gasteiger partial charge in [0.05, 0.1) is 13.2 Å². The Kier molecular flexibility index (Phi) is 7.60. The van der Waals surface area contributed by atoms with E-state index in [1.54, 1.807) is 6.20 Å². The number of benzene rings is 2. The van der Waals surface area contributed by atoms with Crippen LogP contribution in [-0.2, 0) is 9.53 Å². The van der Waals surface area contributed by atoms with Crippen LogP contribution in [0.2, 0.25) is 0 Å². The van der Waals surface area contributed by atoms with Crippen LogP contribution in [0.15, 0.2) is 82.3 Å². The van der Waals surface area contributed by atoms with E-state index in [4.69, 9.17) is 16.3 Å². The van der Waals surface area contributed by atoms with Gasteiger partial charge in [0.15, 0.2) is 0 Å². The summed E-state index contributed by atoms with van der Waals surface area (Å²) in [7, 11) is 0. The number of carbonyl (C=O) groups excluding carboxylic acids is 1. The predicted molar refractivity (Wildman–Crippen MR) is 129 cm³/mol. The highest BCUT2D eigenvalue weighted by Crippen LogP contribution is 2.29. The number of nitrogens with one attached hydrogen (secondary N) is 2. The molecule has 0 saturated carbocycles. The Morgan fingerprint density at radius 3 is 2.69 bits per heavy atom. The molecule has 1 saturated heterocycles. The topological polar surface area (TPSA) is 79.4 Å². The molecule has 2 heterocycles. The molecule has 2 N–H and O–H groups in total. The maximum atomic E-state index is 11.7. The molecule has 0 radical (unpaired) electrons. The van der Waals surface area contributed by atoms with Gasteiger partial charge in [-0.05, 0) is 48.5 Å². The number of nitrogens with zero attached hydrogens (tertiary/aromatic N) is 3. The zero-order valence-electron chi connectivity index (χ0n) is 17.2. The minimum absolute atomic E-state index is 0.282. The van der Waals surface area contributed by atoms with Crippen LogP contribution in [0.1, 0.15) is 0 Å². The number of hydrogen-bond acceptors (Lipinski definition) is 7. The summed E-state index contributed by atoms with van der Waals surface area (Å²) in [6.45, 7) is 3.34. The molecular weight excluding hydrogens is 446 g/mol. The number of ether oxygens (including phenoxy) is 1. The molecule has 32 heavy (non-hydrogen) atoms. The van der Waals surface area contributed by atoms with Crippen molar-refractivity contribution in [1.82, 2.24) is 9.97 Å². The first-order valence-electron chi connectivity index (χ1n) is 10.1. The first kappa shape index (κ1) is 22.1. The summed E-state index contributed by atoms with van der Waals surface area (Å²) in [4.78, 5) is 23.9. The van der Waals surface area contributed by atoms with E-state index >= 15 is 0 Å². The lowest BCUT2D eigenvalue weighted by atomic mass is 10.2. The van der Waals surface area contributed by atoms with Crippen molar-refractivity contribution < 1.29 is 9.53 Å². The summed E-state index contributed by atoms with van der Waals surface area (Å²) in [6.07, 6.45) is 2.98. The van der Waals surface area contributed by atoms with Crippen LogP contribution < -0.4 is 15.5 Å². The van der Waals surface area contributed by atoms with Crippen molar-refractivity contribution in [2.45, 2.75) is 9.92 Å². The molecule has 0 unspecified atom stereocenters. The predicted octanol–water partition coefficient (Wildman–Crippen LogP) is 4.90. The fraction of sp³-hybridized carbons (Fsp3) is 0.174. The summed E-state index contributed by atoms with van der Waals surface area (Å²) in [5, 5.41) is 6.81. The smallest absolute Gasteiger partial charge is 0.249 e. The van der Waals surface area contributed by atoms with Gasteiger partial charge in [-0.15, -0.1) is 0 Å². The van der Waals surface area contributed by atoms with Gasteiger partial charge in [0.2, 0.25) is 11.9 Å².